The molecule has 0 saturated carbocycles. The van der Waals surface area contributed by atoms with Crippen molar-refractivity contribution in [3.63, 3.8) is 0 Å². The number of hydrogen-bond donors (Lipinski definition) is 3. The lowest BCUT2D eigenvalue weighted by Gasteiger charge is -2.05. The van der Waals surface area contributed by atoms with E-state index in [-0.39, 0.29) is 24.8 Å². The quantitative estimate of drug-likeness (QED) is 0.636. The van der Waals surface area contributed by atoms with Crippen molar-refractivity contribution in [3.05, 3.63) is 24.2 Å². The van der Waals surface area contributed by atoms with Gasteiger partial charge in [0.05, 0.1) is 18.6 Å². The summed E-state index contributed by atoms with van der Waals surface area (Å²) < 4.78 is 5.03. The summed E-state index contributed by atoms with van der Waals surface area (Å²) in [6.07, 6.45) is 2.15. The van der Waals surface area contributed by atoms with E-state index in [1.165, 1.54) is 18.0 Å². The molecule has 0 atom stereocenters. The molecule has 0 radical (unpaired) electrons. The Morgan fingerprint density at radius 3 is 2.94 bits per heavy atom. The molecule has 0 saturated heterocycles. The molecule has 7 heteroatoms. The maximum absolute atomic E-state index is 11.3. The monoisotopic (exact) mass is 272 g/mol. The lowest BCUT2D eigenvalue weighted by Crippen LogP contribution is -2.39. The van der Waals surface area contributed by atoms with Crippen molar-refractivity contribution in [1.29, 1.82) is 0 Å². The van der Waals surface area contributed by atoms with Crippen molar-refractivity contribution in [2.45, 2.75) is 13.0 Å². The summed E-state index contributed by atoms with van der Waals surface area (Å²) >= 11 is 1.37. The highest BCUT2D eigenvalue weighted by Crippen LogP contribution is 2.01. The molecule has 0 aliphatic rings. The second-order valence-corrected chi connectivity index (χ2v) is 4.55. The summed E-state index contributed by atoms with van der Waals surface area (Å²) in [6, 6.07) is 2.91. The van der Waals surface area contributed by atoms with Gasteiger partial charge in [-0.05, 0) is 24.3 Å². The van der Waals surface area contributed by atoms with Crippen LogP contribution >= 0.6 is 11.8 Å². The molecule has 3 N–H and O–H groups in total. The number of amides is 3. The van der Waals surface area contributed by atoms with E-state index in [4.69, 9.17) is 9.52 Å². The number of rotatable bonds is 7. The Bertz CT molecular complexity index is 367. The summed E-state index contributed by atoms with van der Waals surface area (Å²) in [7, 11) is 0. The number of hydrogen-bond acceptors (Lipinski definition) is 5. The standard InChI is InChI=1S/C11H16N2O4S/c14-4-2-6-18-8-10(15)13-11(16)12-7-9-3-1-5-17-9/h1,3,5,14H,2,4,6-8H2,(H2,12,13,15,16). The normalized spacial score (nSPS) is 10.1. The average molecular weight is 272 g/mol. The van der Waals surface area contributed by atoms with Gasteiger partial charge in [0.2, 0.25) is 5.91 Å². The number of aliphatic hydroxyl groups excluding tert-OH is 1. The molecule has 100 valence electrons. The van der Waals surface area contributed by atoms with Crippen molar-refractivity contribution >= 4 is 23.7 Å². The minimum atomic E-state index is -0.542. The fourth-order valence-electron chi connectivity index (χ4n) is 1.12. The van der Waals surface area contributed by atoms with Crippen molar-refractivity contribution in [2.75, 3.05) is 18.1 Å². The maximum atomic E-state index is 11.3. The van der Waals surface area contributed by atoms with Gasteiger partial charge >= 0.3 is 6.03 Å². The van der Waals surface area contributed by atoms with Crippen molar-refractivity contribution in [2.24, 2.45) is 0 Å². The smallest absolute Gasteiger partial charge is 0.321 e. The Hall–Kier alpha value is -1.47. The molecule has 1 heterocycles. The molecule has 0 aromatic carbocycles. The third kappa shape index (κ3) is 6.31. The van der Waals surface area contributed by atoms with Crippen LogP contribution in [-0.2, 0) is 11.3 Å². The minimum Gasteiger partial charge on any atom is -0.467 e. The molecule has 0 spiro atoms. The van der Waals surface area contributed by atoms with Crippen LogP contribution in [0.1, 0.15) is 12.2 Å². The summed E-state index contributed by atoms with van der Waals surface area (Å²) in [4.78, 5) is 22.6. The number of carbonyl (C=O) groups excluding carboxylic acids is 2. The van der Waals surface area contributed by atoms with E-state index in [1.807, 2.05) is 0 Å². The first-order chi connectivity index (χ1) is 8.72. The number of nitrogens with one attached hydrogen (secondary N) is 2. The predicted octanol–water partition coefficient (Wildman–Crippen LogP) is 0.721. The molecule has 0 aliphatic carbocycles. The lowest BCUT2D eigenvalue weighted by molar-refractivity contribution is -0.117. The van der Waals surface area contributed by atoms with E-state index < -0.39 is 6.03 Å². The van der Waals surface area contributed by atoms with Crippen LogP contribution in [0, 0.1) is 0 Å². The molecule has 0 fully saturated rings. The number of thioether (sulfide) groups is 1. The number of imide groups is 1. The lowest BCUT2D eigenvalue weighted by atomic mass is 10.4. The summed E-state index contributed by atoms with van der Waals surface area (Å²) in [5.41, 5.74) is 0. The van der Waals surface area contributed by atoms with Gasteiger partial charge in [-0.2, -0.15) is 11.8 Å². The third-order valence-corrected chi connectivity index (χ3v) is 2.98. The Morgan fingerprint density at radius 1 is 1.44 bits per heavy atom. The van der Waals surface area contributed by atoms with E-state index in [0.29, 0.717) is 17.9 Å². The largest absolute Gasteiger partial charge is 0.467 e. The molecule has 1 aromatic heterocycles. The van der Waals surface area contributed by atoms with Crippen LogP contribution in [0.15, 0.2) is 22.8 Å². The fourth-order valence-corrected chi connectivity index (χ4v) is 1.85. The van der Waals surface area contributed by atoms with E-state index in [9.17, 15) is 9.59 Å². The first kappa shape index (κ1) is 14.6. The Balaban J connectivity index is 2.09. The van der Waals surface area contributed by atoms with Crippen LogP contribution in [0.2, 0.25) is 0 Å². The molecule has 0 unspecified atom stereocenters. The van der Waals surface area contributed by atoms with Gasteiger partial charge in [0, 0.05) is 6.61 Å². The van der Waals surface area contributed by atoms with Gasteiger partial charge in [-0.1, -0.05) is 0 Å². The second-order valence-electron chi connectivity index (χ2n) is 3.44. The van der Waals surface area contributed by atoms with Crippen LogP contribution in [0.25, 0.3) is 0 Å². The third-order valence-electron chi connectivity index (χ3n) is 1.94. The second kappa shape index (κ2) is 8.60. The molecule has 6 nitrogen and oxygen atoms in total. The molecule has 0 bridgehead atoms. The van der Waals surface area contributed by atoms with Crippen LogP contribution in [0.5, 0.6) is 0 Å². The number of urea groups is 1. The Kier molecular flexibility index (Phi) is 6.97. The summed E-state index contributed by atoms with van der Waals surface area (Å²) in [6.45, 7) is 0.349. The van der Waals surface area contributed by atoms with Gasteiger partial charge in [0.15, 0.2) is 0 Å². The highest BCUT2D eigenvalue weighted by atomic mass is 32.2. The molecule has 1 aromatic rings. The van der Waals surface area contributed by atoms with E-state index in [0.717, 1.165) is 0 Å². The topological polar surface area (TPSA) is 91.6 Å². The highest BCUT2D eigenvalue weighted by Gasteiger charge is 2.07. The first-order valence-electron chi connectivity index (χ1n) is 5.51. The zero-order valence-corrected chi connectivity index (χ0v) is 10.7. The predicted molar refractivity (Wildman–Crippen MR) is 68.1 cm³/mol. The highest BCUT2D eigenvalue weighted by molar-refractivity contribution is 7.99. The molecule has 3 amide bonds. The molecule has 0 aliphatic heterocycles. The molecular weight excluding hydrogens is 256 g/mol. The fraction of sp³-hybridized carbons (Fsp3) is 0.455. The Morgan fingerprint density at radius 2 is 2.28 bits per heavy atom. The van der Waals surface area contributed by atoms with Gasteiger partial charge in [-0.15, -0.1) is 0 Å². The minimum absolute atomic E-state index is 0.109. The maximum Gasteiger partial charge on any atom is 0.321 e. The van der Waals surface area contributed by atoms with Crippen LogP contribution in [-0.4, -0.2) is 35.2 Å². The van der Waals surface area contributed by atoms with Crippen LogP contribution in [0.4, 0.5) is 4.79 Å². The van der Waals surface area contributed by atoms with Gasteiger partial charge < -0.3 is 14.8 Å². The molecule has 18 heavy (non-hydrogen) atoms. The number of furan rings is 1. The van der Waals surface area contributed by atoms with Crippen molar-refractivity contribution in [1.82, 2.24) is 10.6 Å². The zero-order valence-electron chi connectivity index (χ0n) is 9.85. The molecular formula is C11H16N2O4S. The van der Waals surface area contributed by atoms with Crippen LogP contribution < -0.4 is 10.6 Å². The number of carbonyl (C=O) groups is 2. The van der Waals surface area contributed by atoms with E-state index >= 15 is 0 Å². The Labute approximate surface area is 109 Å². The zero-order chi connectivity index (χ0) is 13.2. The van der Waals surface area contributed by atoms with Gasteiger partial charge in [0.25, 0.3) is 0 Å². The number of aliphatic hydroxyl groups is 1. The molecule has 1 rings (SSSR count). The van der Waals surface area contributed by atoms with E-state index in [2.05, 4.69) is 10.6 Å². The van der Waals surface area contributed by atoms with Gasteiger partial charge in [-0.3, -0.25) is 10.1 Å². The summed E-state index contributed by atoms with van der Waals surface area (Å²) in [5.74, 6) is 1.16. The van der Waals surface area contributed by atoms with Crippen molar-refractivity contribution in [3.8, 4) is 0 Å². The SMILES string of the molecule is O=C(CSCCCO)NC(=O)NCc1ccco1. The van der Waals surface area contributed by atoms with Crippen molar-refractivity contribution < 1.29 is 19.1 Å². The van der Waals surface area contributed by atoms with E-state index in [1.54, 1.807) is 12.1 Å². The van der Waals surface area contributed by atoms with Crippen LogP contribution in [0.3, 0.4) is 0 Å². The van der Waals surface area contributed by atoms with Gasteiger partial charge in [0.1, 0.15) is 5.76 Å². The first-order valence-corrected chi connectivity index (χ1v) is 6.66. The summed E-state index contributed by atoms with van der Waals surface area (Å²) in [5, 5.41) is 13.3. The van der Waals surface area contributed by atoms with Gasteiger partial charge in [-0.25, -0.2) is 4.79 Å². The average Bonchev–Trinajstić information content (AvgIpc) is 2.85.